The van der Waals surface area contributed by atoms with E-state index in [4.69, 9.17) is 4.74 Å². The topological polar surface area (TPSA) is 55.4 Å². The largest absolute Gasteiger partial charge is 0.458 e. The summed E-state index contributed by atoms with van der Waals surface area (Å²) in [5, 5.41) is 2.92. The number of ether oxygens (including phenoxy) is 1. The molecule has 3 aromatic rings. The van der Waals surface area contributed by atoms with E-state index in [1.807, 2.05) is 42.5 Å². The van der Waals surface area contributed by atoms with E-state index >= 15 is 0 Å². The molecular formula is C28H27F2NO3. The fourth-order valence-electron chi connectivity index (χ4n) is 4.38. The van der Waals surface area contributed by atoms with E-state index in [0.29, 0.717) is 30.4 Å². The minimum atomic E-state index is -1.11. The maximum atomic E-state index is 14.8. The van der Waals surface area contributed by atoms with Gasteiger partial charge in [0.15, 0.2) is 0 Å². The Kier molecular flexibility index (Phi) is 7.36. The summed E-state index contributed by atoms with van der Waals surface area (Å²) in [5.74, 6) is -1.15. The van der Waals surface area contributed by atoms with Crippen LogP contribution in [0.3, 0.4) is 0 Å². The number of alkyl halides is 1. The van der Waals surface area contributed by atoms with Crippen molar-refractivity contribution in [2.24, 2.45) is 5.92 Å². The zero-order valence-electron chi connectivity index (χ0n) is 18.9. The van der Waals surface area contributed by atoms with Gasteiger partial charge in [0.05, 0.1) is 12.0 Å². The summed E-state index contributed by atoms with van der Waals surface area (Å²) >= 11 is 0. The number of carbonyl (C=O) groups is 2. The van der Waals surface area contributed by atoms with Crippen LogP contribution >= 0.6 is 0 Å². The average molecular weight is 464 g/mol. The van der Waals surface area contributed by atoms with Crippen molar-refractivity contribution in [2.45, 2.75) is 44.5 Å². The van der Waals surface area contributed by atoms with Crippen molar-refractivity contribution >= 4 is 11.9 Å². The van der Waals surface area contributed by atoms with Crippen molar-refractivity contribution in [3.05, 3.63) is 107 Å². The van der Waals surface area contributed by atoms with E-state index in [-0.39, 0.29) is 23.7 Å². The lowest BCUT2D eigenvalue weighted by atomic mass is 9.80. The van der Waals surface area contributed by atoms with Crippen LogP contribution in [0.4, 0.5) is 8.78 Å². The molecule has 0 radical (unpaired) electrons. The minimum absolute atomic E-state index is 0.0674. The Balaban J connectivity index is 1.39. The van der Waals surface area contributed by atoms with Crippen molar-refractivity contribution in [2.75, 3.05) is 0 Å². The van der Waals surface area contributed by atoms with Crippen LogP contribution in [0.15, 0.2) is 78.9 Å². The Morgan fingerprint density at radius 2 is 1.62 bits per heavy atom. The van der Waals surface area contributed by atoms with Gasteiger partial charge in [0.1, 0.15) is 18.1 Å². The number of amides is 1. The molecule has 1 fully saturated rings. The number of hydrogen-bond donors (Lipinski definition) is 1. The highest BCUT2D eigenvalue weighted by molar-refractivity contribution is 5.86. The smallest absolute Gasteiger partial charge is 0.303 e. The van der Waals surface area contributed by atoms with Gasteiger partial charge in [-0.05, 0) is 47.2 Å². The molecule has 0 bridgehead atoms. The van der Waals surface area contributed by atoms with Gasteiger partial charge in [-0.2, -0.15) is 0 Å². The molecule has 1 aliphatic heterocycles. The van der Waals surface area contributed by atoms with Crippen LogP contribution in [0.25, 0.3) is 0 Å². The van der Waals surface area contributed by atoms with Gasteiger partial charge in [-0.15, -0.1) is 0 Å². The summed E-state index contributed by atoms with van der Waals surface area (Å²) in [6.07, 6.45) is -0.429. The van der Waals surface area contributed by atoms with Gasteiger partial charge in [-0.25, -0.2) is 8.78 Å². The maximum absolute atomic E-state index is 14.8. The molecule has 0 aliphatic carbocycles. The first-order valence-electron chi connectivity index (χ1n) is 11.4. The van der Waals surface area contributed by atoms with Crippen LogP contribution in [0.1, 0.15) is 60.3 Å². The first kappa shape index (κ1) is 23.6. The van der Waals surface area contributed by atoms with Crippen molar-refractivity contribution < 1.29 is 23.1 Å². The Morgan fingerprint density at radius 1 is 0.971 bits per heavy atom. The van der Waals surface area contributed by atoms with E-state index in [0.717, 1.165) is 11.1 Å². The quantitative estimate of drug-likeness (QED) is 0.315. The molecule has 4 atom stereocenters. The third kappa shape index (κ3) is 5.68. The van der Waals surface area contributed by atoms with Crippen LogP contribution in [-0.4, -0.2) is 11.9 Å². The minimum Gasteiger partial charge on any atom is -0.458 e. The predicted octanol–water partition coefficient (Wildman–Crippen LogP) is 5.95. The number of carbonyl (C=O) groups excluding carboxylic acids is 2. The van der Waals surface area contributed by atoms with Gasteiger partial charge in [-0.1, -0.05) is 66.7 Å². The fraction of sp³-hybridized carbons (Fsp3) is 0.286. The van der Waals surface area contributed by atoms with E-state index in [1.165, 1.54) is 19.1 Å². The molecule has 3 aromatic carbocycles. The van der Waals surface area contributed by atoms with Crippen molar-refractivity contribution in [1.82, 2.24) is 5.32 Å². The molecule has 0 aromatic heterocycles. The van der Waals surface area contributed by atoms with E-state index in [1.54, 1.807) is 24.3 Å². The number of hydrogen-bond acceptors (Lipinski definition) is 3. The Bertz CT molecular complexity index is 1120. The summed E-state index contributed by atoms with van der Waals surface area (Å²) in [4.78, 5) is 23.8. The molecule has 0 spiro atoms. The predicted molar refractivity (Wildman–Crippen MR) is 125 cm³/mol. The van der Waals surface area contributed by atoms with Crippen molar-refractivity contribution in [3.8, 4) is 0 Å². The summed E-state index contributed by atoms with van der Waals surface area (Å²) in [7, 11) is 0. The normalized spacial score (nSPS) is 19.0. The molecule has 1 amide bonds. The zero-order chi connectivity index (χ0) is 24.1. The number of rotatable bonds is 9. The fourth-order valence-corrected chi connectivity index (χ4v) is 4.38. The van der Waals surface area contributed by atoms with Gasteiger partial charge in [0.2, 0.25) is 5.91 Å². The Morgan fingerprint density at radius 3 is 2.24 bits per heavy atom. The molecule has 1 N–H and O–H groups in total. The molecule has 176 valence electrons. The van der Waals surface area contributed by atoms with E-state index in [2.05, 4.69) is 5.32 Å². The summed E-state index contributed by atoms with van der Waals surface area (Å²) in [6, 6.07) is 22.4. The third-order valence-electron chi connectivity index (χ3n) is 6.24. The molecule has 1 aliphatic rings. The van der Waals surface area contributed by atoms with Crippen molar-refractivity contribution in [1.29, 1.82) is 0 Å². The lowest BCUT2D eigenvalue weighted by molar-refractivity contribution is -0.147. The molecule has 6 heteroatoms. The molecular weight excluding hydrogens is 436 g/mol. The third-order valence-corrected chi connectivity index (χ3v) is 6.24. The molecule has 1 saturated heterocycles. The second kappa shape index (κ2) is 10.6. The Hall–Kier alpha value is -3.54. The maximum Gasteiger partial charge on any atom is 0.303 e. The number of nitrogens with one attached hydrogen (secondary N) is 1. The molecule has 0 saturated carbocycles. The van der Waals surface area contributed by atoms with Crippen LogP contribution in [-0.2, 0) is 20.7 Å². The number of halogens is 2. The monoisotopic (exact) mass is 463 g/mol. The number of β-lactam (4-membered cyclic amide) rings is 1. The highest BCUT2D eigenvalue weighted by atomic mass is 19.1. The number of benzene rings is 3. The van der Waals surface area contributed by atoms with Gasteiger partial charge >= 0.3 is 5.97 Å². The molecule has 1 heterocycles. The molecule has 34 heavy (non-hydrogen) atoms. The second-order valence-electron chi connectivity index (χ2n) is 8.64. The highest BCUT2D eigenvalue weighted by Gasteiger charge is 2.40. The van der Waals surface area contributed by atoms with Crippen LogP contribution in [0.2, 0.25) is 0 Å². The van der Waals surface area contributed by atoms with E-state index < -0.39 is 18.2 Å². The van der Waals surface area contributed by atoms with Crippen LogP contribution < -0.4 is 5.32 Å². The van der Waals surface area contributed by atoms with E-state index in [9.17, 15) is 18.4 Å². The van der Waals surface area contributed by atoms with Crippen molar-refractivity contribution in [3.63, 3.8) is 0 Å². The zero-order valence-corrected chi connectivity index (χ0v) is 18.9. The number of esters is 1. The second-order valence-corrected chi connectivity index (χ2v) is 8.64. The first-order chi connectivity index (χ1) is 16.4. The van der Waals surface area contributed by atoms with Crippen LogP contribution in [0.5, 0.6) is 0 Å². The average Bonchev–Trinajstić information content (AvgIpc) is 2.83. The lowest BCUT2D eigenvalue weighted by Crippen LogP contribution is -2.51. The summed E-state index contributed by atoms with van der Waals surface area (Å²) in [6.45, 7) is 1.33. The first-order valence-corrected chi connectivity index (χ1v) is 11.4. The van der Waals surface area contributed by atoms with Gasteiger partial charge < -0.3 is 10.1 Å². The van der Waals surface area contributed by atoms with Crippen LogP contribution in [0, 0.1) is 11.7 Å². The molecule has 2 unspecified atom stereocenters. The highest BCUT2D eigenvalue weighted by Crippen LogP contribution is 2.37. The van der Waals surface area contributed by atoms with Gasteiger partial charge in [-0.3, -0.25) is 9.59 Å². The van der Waals surface area contributed by atoms with Gasteiger partial charge in [0.25, 0.3) is 0 Å². The lowest BCUT2D eigenvalue weighted by Gasteiger charge is -2.38. The molecule has 4 nitrogen and oxygen atoms in total. The van der Waals surface area contributed by atoms with Gasteiger partial charge in [0, 0.05) is 13.3 Å². The standard InChI is InChI=1S/C28H27F2NO3/c1-18(32)34-26(21-11-13-23(29)14-12-21)16-15-24-27(31-28(24)33)22-9-7-20(8-10-22)25(30)17-19-5-3-2-4-6-19/h2-14,24-27H,15-17H2,1H3,(H,31,33)/t24-,25?,26?,27-/m1/s1. The summed E-state index contributed by atoms with van der Waals surface area (Å²) in [5.41, 5.74) is 3.13. The Labute approximate surface area is 198 Å². The summed E-state index contributed by atoms with van der Waals surface area (Å²) < 4.78 is 33.5. The molecule has 4 rings (SSSR count). The SMILES string of the molecule is CC(=O)OC(CC[C@H]1C(=O)N[C@@H]1c1ccc(C(F)Cc2ccccc2)cc1)c1ccc(F)cc1.